The number of anilines is 1. The summed E-state index contributed by atoms with van der Waals surface area (Å²) in [6.07, 6.45) is 15.1. The van der Waals surface area contributed by atoms with E-state index in [4.69, 9.17) is 9.97 Å². The van der Waals surface area contributed by atoms with E-state index in [9.17, 15) is 0 Å². The zero-order valence-corrected chi connectivity index (χ0v) is 19.3. The topological polar surface area (TPSA) is 35.5 Å². The molecule has 1 aromatic heterocycles. The minimum atomic E-state index is 0.605. The van der Waals surface area contributed by atoms with Crippen molar-refractivity contribution in [3.8, 4) is 0 Å². The van der Waals surface area contributed by atoms with Crippen molar-refractivity contribution in [1.82, 2.24) is 19.8 Å². The van der Waals surface area contributed by atoms with Crippen LogP contribution in [0.3, 0.4) is 0 Å². The maximum absolute atomic E-state index is 4.86. The van der Waals surface area contributed by atoms with Crippen LogP contribution in [0.5, 0.6) is 0 Å². The number of hydrogen-bond acceptors (Lipinski definition) is 5. The van der Waals surface area contributed by atoms with E-state index in [0.717, 1.165) is 36.9 Å². The Hall–Kier alpha value is -1.20. The molecule has 3 aliphatic heterocycles. The Morgan fingerprint density at radius 2 is 1.37 bits per heavy atom. The van der Waals surface area contributed by atoms with Crippen molar-refractivity contribution >= 4 is 5.95 Å². The molecule has 1 aromatic rings. The fourth-order valence-electron chi connectivity index (χ4n) is 6.85. The Morgan fingerprint density at radius 3 is 1.93 bits per heavy atom. The van der Waals surface area contributed by atoms with Gasteiger partial charge in [0.25, 0.3) is 0 Å². The molecule has 2 bridgehead atoms. The van der Waals surface area contributed by atoms with Gasteiger partial charge in [-0.05, 0) is 94.8 Å². The largest absolute Gasteiger partial charge is 0.332 e. The van der Waals surface area contributed by atoms with Gasteiger partial charge in [0.2, 0.25) is 5.95 Å². The molecule has 0 aromatic carbocycles. The minimum Gasteiger partial charge on any atom is -0.332 e. The van der Waals surface area contributed by atoms with Crippen LogP contribution in [-0.2, 0) is 0 Å². The first-order valence-corrected chi connectivity index (χ1v) is 12.6. The van der Waals surface area contributed by atoms with E-state index in [-0.39, 0.29) is 0 Å². The number of nitrogens with zero attached hydrogens (tertiary/aromatic N) is 5. The molecule has 1 saturated carbocycles. The van der Waals surface area contributed by atoms with E-state index in [1.165, 1.54) is 70.0 Å². The summed E-state index contributed by atoms with van der Waals surface area (Å²) in [6.45, 7) is 9.62. The molecule has 1 aliphatic carbocycles. The lowest BCUT2D eigenvalue weighted by molar-refractivity contribution is 0.0981. The predicted molar refractivity (Wildman–Crippen MR) is 123 cm³/mol. The first-order valence-electron chi connectivity index (χ1n) is 12.6. The molecule has 5 rings (SSSR count). The van der Waals surface area contributed by atoms with Gasteiger partial charge in [0.1, 0.15) is 0 Å². The van der Waals surface area contributed by atoms with Gasteiger partial charge < -0.3 is 14.7 Å². The summed E-state index contributed by atoms with van der Waals surface area (Å²) in [5.41, 5.74) is 1.36. The lowest BCUT2D eigenvalue weighted by Crippen LogP contribution is -2.53. The highest BCUT2D eigenvalue weighted by molar-refractivity contribution is 5.38. The first-order chi connectivity index (χ1) is 14.6. The molecular formula is C25H41N5. The molecule has 0 spiro atoms. The van der Waals surface area contributed by atoms with Gasteiger partial charge >= 0.3 is 0 Å². The molecule has 4 heterocycles. The second-order valence-corrected chi connectivity index (χ2v) is 11.0. The summed E-state index contributed by atoms with van der Waals surface area (Å²) in [7, 11) is 2.24. The summed E-state index contributed by atoms with van der Waals surface area (Å²) >= 11 is 0. The smallest absolute Gasteiger partial charge is 0.225 e. The van der Waals surface area contributed by atoms with Crippen LogP contribution < -0.4 is 4.90 Å². The van der Waals surface area contributed by atoms with Gasteiger partial charge in [0.05, 0.1) is 0 Å². The van der Waals surface area contributed by atoms with Crippen molar-refractivity contribution in [1.29, 1.82) is 0 Å². The molecule has 0 amide bonds. The van der Waals surface area contributed by atoms with Crippen LogP contribution in [0.15, 0.2) is 12.4 Å². The molecular weight excluding hydrogens is 370 g/mol. The molecule has 2 unspecified atom stereocenters. The number of hydrogen-bond donors (Lipinski definition) is 0. The van der Waals surface area contributed by atoms with Crippen LogP contribution in [0.4, 0.5) is 5.95 Å². The van der Waals surface area contributed by atoms with E-state index in [1.807, 2.05) is 0 Å². The standard InChI is InChI=1S/C25H41N5/c1-18(2)19-4-6-22(7-5-19)29-12-10-20(11-13-29)21-14-26-25(27-15-21)30-23-8-9-24(30)17-28(3)16-23/h14-15,18-20,22-24H,4-13,16-17H2,1-3H3. The normalized spacial score (nSPS) is 34.1. The van der Waals surface area contributed by atoms with E-state index in [2.05, 4.69) is 48.0 Å². The summed E-state index contributed by atoms with van der Waals surface area (Å²) in [5.74, 6) is 3.44. The van der Waals surface area contributed by atoms with E-state index in [0.29, 0.717) is 18.0 Å². The van der Waals surface area contributed by atoms with Crippen molar-refractivity contribution in [2.75, 3.05) is 38.1 Å². The third-order valence-electron chi connectivity index (χ3n) is 8.76. The molecule has 0 N–H and O–H groups in total. The minimum absolute atomic E-state index is 0.605. The van der Waals surface area contributed by atoms with Crippen molar-refractivity contribution < 1.29 is 0 Å². The molecule has 2 atom stereocenters. The molecule has 166 valence electrons. The Balaban J connectivity index is 1.15. The van der Waals surface area contributed by atoms with Crippen LogP contribution in [0, 0.1) is 11.8 Å². The average molecular weight is 412 g/mol. The maximum Gasteiger partial charge on any atom is 0.225 e. The fraction of sp³-hybridized carbons (Fsp3) is 0.840. The zero-order chi connectivity index (χ0) is 20.7. The first kappa shape index (κ1) is 20.7. The van der Waals surface area contributed by atoms with Crippen molar-refractivity contribution in [3.05, 3.63) is 18.0 Å². The van der Waals surface area contributed by atoms with Gasteiger partial charge in [0.15, 0.2) is 0 Å². The zero-order valence-electron chi connectivity index (χ0n) is 19.3. The molecule has 30 heavy (non-hydrogen) atoms. The van der Waals surface area contributed by atoms with Gasteiger partial charge in [-0.3, -0.25) is 0 Å². The van der Waals surface area contributed by atoms with Crippen LogP contribution in [0.25, 0.3) is 0 Å². The third kappa shape index (κ3) is 4.12. The number of piperidine rings is 1. The highest BCUT2D eigenvalue weighted by atomic mass is 15.4. The predicted octanol–water partition coefficient (Wildman–Crippen LogP) is 4.15. The van der Waals surface area contributed by atoms with E-state index >= 15 is 0 Å². The highest BCUT2D eigenvalue weighted by Crippen LogP contribution is 2.36. The number of aromatic nitrogens is 2. The van der Waals surface area contributed by atoms with Gasteiger partial charge in [-0.1, -0.05) is 13.8 Å². The quantitative estimate of drug-likeness (QED) is 0.744. The number of likely N-dealkylation sites (N-methyl/N-ethyl adjacent to an activating group) is 1. The van der Waals surface area contributed by atoms with Crippen LogP contribution in [0.2, 0.25) is 0 Å². The molecule has 4 aliphatic rings. The molecule has 0 radical (unpaired) electrons. The van der Waals surface area contributed by atoms with E-state index in [1.54, 1.807) is 0 Å². The lowest BCUT2D eigenvalue weighted by Gasteiger charge is -2.41. The SMILES string of the molecule is CC(C)C1CCC(N2CCC(c3cnc(N4C5CCC4CN(C)C5)nc3)CC2)CC1. The van der Waals surface area contributed by atoms with Gasteiger partial charge in [-0.15, -0.1) is 0 Å². The maximum atomic E-state index is 4.86. The summed E-state index contributed by atoms with van der Waals surface area (Å²) in [6, 6.07) is 2.05. The van der Waals surface area contributed by atoms with Gasteiger partial charge in [-0.25, -0.2) is 9.97 Å². The van der Waals surface area contributed by atoms with Crippen molar-refractivity contribution in [2.24, 2.45) is 11.8 Å². The molecule has 5 nitrogen and oxygen atoms in total. The molecule has 5 heteroatoms. The van der Waals surface area contributed by atoms with Crippen molar-refractivity contribution in [2.45, 2.75) is 89.3 Å². The number of likely N-dealkylation sites (tertiary alicyclic amines) is 2. The summed E-state index contributed by atoms with van der Waals surface area (Å²) in [4.78, 5) is 17.5. The van der Waals surface area contributed by atoms with Crippen molar-refractivity contribution in [3.63, 3.8) is 0 Å². The van der Waals surface area contributed by atoms with Crippen LogP contribution in [0.1, 0.15) is 76.7 Å². The number of fused-ring (bicyclic) bond motifs is 2. The highest BCUT2D eigenvalue weighted by Gasteiger charge is 2.40. The van der Waals surface area contributed by atoms with E-state index < -0.39 is 0 Å². The van der Waals surface area contributed by atoms with Gasteiger partial charge in [-0.2, -0.15) is 0 Å². The molecule has 4 fully saturated rings. The number of piperazine rings is 1. The van der Waals surface area contributed by atoms with Gasteiger partial charge in [0, 0.05) is 43.6 Å². The number of rotatable bonds is 4. The fourth-order valence-corrected chi connectivity index (χ4v) is 6.85. The Morgan fingerprint density at radius 1 is 0.800 bits per heavy atom. The second kappa shape index (κ2) is 8.74. The summed E-state index contributed by atoms with van der Waals surface area (Å²) < 4.78 is 0. The second-order valence-electron chi connectivity index (χ2n) is 11.0. The Kier molecular flexibility index (Phi) is 6.03. The monoisotopic (exact) mass is 411 g/mol. The lowest BCUT2D eigenvalue weighted by atomic mass is 9.78. The van der Waals surface area contributed by atoms with Crippen LogP contribution >= 0.6 is 0 Å². The average Bonchev–Trinajstić information content (AvgIpc) is 3.05. The molecule has 3 saturated heterocycles. The Bertz CT molecular complexity index is 674. The summed E-state index contributed by atoms with van der Waals surface area (Å²) in [5, 5.41) is 0. The Labute approximate surface area is 183 Å². The third-order valence-corrected chi connectivity index (χ3v) is 8.76. The van der Waals surface area contributed by atoms with Crippen LogP contribution in [-0.4, -0.2) is 71.1 Å².